The summed E-state index contributed by atoms with van der Waals surface area (Å²) in [5.74, 6) is 1.58. The molecule has 0 saturated carbocycles. The number of hydrogen-bond acceptors (Lipinski definition) is 6. The molecule has 7 heteroatoms. The van der Waals surface area contributed by atoms with Crippen LogP contribution in [0, 0.1) is 0 Å². The lowest BCUT2D eigenvalue weighted by Gasteiger charge is -2.06. The summed E-state index contributed by atoms with van der Waals surface area (Å²) in [5.41, 5.74) is 7.19. The molecule has 0 fully saturated rings. The molecule has 0 radical (unpaired) electrons. The Labute approximate surface area is 128 Å². The third-order valence-corrected chi connectivity index (χ3v) is 3.36. The van der Waals surface area contributed by atoms with E-state index in [-0.39, 0.29) is 0 Å². The Morgan fingerprint density at radius 1 is 1.23 bits per heavy atom. The van der Waals surface area contributed by atoms with Gasteiger partial charge >= 0.3 is 0 Å². The highest BCUT2D eigenvalue weighted by molar-refractivity contribution is 5.87. The molecular weight excluding hydrogens is 280 g/mol. The van der Waals surface area contributed by atoms with Crippen molar-refractivity contribution >= 4 is 16.9 Å². The fourth-order valence-electron chi connectivity index (χ4n) is 2.21. The van der Waals surface area contributed by atoms with Crippen molar-refractivity contribution in [2.45, 2.75) is 6.42 Å². The smallest absolute Gasteiger partial charge is 0.168 e. The summed E-state index contributed by atoms with van der Waals surface area (Å²) in [6.45, 7) is 1.42. The van der Waals surface area contributed by atoms with Crippen molar-refractivity contribution in [2.75, 3.05) is 25.5 Å². The van der Waals surface area contributed by atoms with E-state index in [1.165, 1.54) is 6.33 Å². The summed E-state index contributed by atoms with van der Waals surface area (Å²) in [5, 5.41) is 8.57. The first-order valence-corrected chi connectivity index (χ1v) is 7.10. The van der Waals surface area contributed by atoms with Crippen molar-refractivity contribution in [3.05, 3.63) is 36.8 Å². The maximum atomic E-state index is 5.51. The van der Waals surface area contributed by atoms with Crippen molar-refractivity contribution in [1.29, 1.82) is 0 Å². The summed E-state index contributed by atoms with van der Waals surface area (Å²) in [7, 11) is 1.64. The Morgan fingerprint density at radius 3 is 2.77 bits per heavy atom. The molecule has 0 amide bonds. The second-order valence-corrected chi connectivity index (χ2v) is 4.78. The first-order chi connectivity index (χ1) is 10.8. The molecule has 7 nitrogen and oxygen atoms in total. The highest BCUT2D eigenvalue weighted by Gasteiger charge is 2.10. The third kappa shape index (κ3) is 2.71. The van der Waals surface area contributed by atoms with Crippen LogP contribution < -0.4 is 15.8 Å². The topological polar surface area (TPSA) is 90.9 Å². The lowest BCUT2D eigenvalue weighted by atomic mass is 10.3. The van der Waals surface area contributed by atoms with Gasteiger partial charge in [-0.25, -0.2) is 14.6 Å². The fourth-order valence-corrected chi connectivity index (χ4v) is 2.21. The zero-order valence-corrected chi connectivity index (χ0v) is 12.4. The monoisotopic (exact) mass is 298 g/mol. The number of ether oxygens (including phenoxy) is 1. The van der Waals surface area contributed by atoms with Crippen LogP contribution in [0.4, 0.5) is 5.82 Å². The van der Waals surface area contributed by atoms with Crippen LogP contribution in [0.15, 0.2) is 36.8 Å². The molecule has 3 rings (SSSR count). The molecule has 1 aromatic carbocycles. The highest BCUT2D eigenvalue weighted by atomic mass is 16.5. The molecule has 0 spiro atoms. The molecule has 3 N–H and O–H groups in total. The van der Waals surface area contributed by atoms with Crippen LogP contribution in [-0.4, -0.2) is 39.9 Å². The highest BCUT2D eigenvalue weighted by Crippen LogP contribution is 2.22. The van der Waals surface area contributed by atoms with E-state index in [1.807, 2.05) is 24.3 Å². The van der Waals surface area contributed by atoms with E-state index in [0.717, 1.165) is 41.3 Å². The third-order valence-electron chi connectivity index (χ3n) is 3.36. The van der Waals surface area contributed by atoms with Gasteiger partial charge in [-0.3, -0.25) is 0 Å². The minimum absolute atomic E-state index is 0.645. The van der Waals surface area contributed by atoms with Crippen molar-refractivity contribution in [2.24, 2.45) is 5.73 Å². The van der Waals surface area contributed by atoms with Gasteiger partial charge in [0, 0.05) is 6.54 Å². The quantitative estimate of drug-likeness (QED) is 0.671. The number of hydrogen-bond donors (Lipinski definition) is 2. The Morgan fingerprint density at radius 2 is 2.05 bits per heavy atom. The largest absolute Gasteiger partial charge is 0.497 e. The average Bonchev–Trinajstić information content (AvgIpc) is 3.00. The van der Waals surface area contributed by atoms with Gasteiger partial charge in [-0.15, -0.1) is 0 Å². The predicted molar refractivity (Wildman–Crippen MR) is 85.4 cm³/mol. The Kier molecular flexibility index (Phi) is 4.15. The Hall–Kier alpha value is -2.67. The molecule has 22 heavy (non-hydrogen) atoms. The van der Waals surface area contributed by atoms with Gasteiger partial charge in [0.1, 0.15) is 17.9 Å². The number of methoxy groups -OCH3 is 1. The van der Waals surface area contributed by atoms with Crippen LogP contribution in [0.25, 0.3) is 16.7 Å². The summed E-state index contributed by atoms with van der Waals surface area (Å²) in [4.78, 5) is 8.62. The van der Waals surface area contributed by atoms with Crippen LogP contribution in [0.5, 0.6) is 5.75 Å². The van der Waals surface area contributed by atoms with Crippen LogP contribution in [0.3, 0.4) is 0 Å². The predicted octanol–water partition coefficient (Wildman–Crippen LogP) is 1.58. The van der Waals surface area contributed by atoms with Crippen molar-refractivity contribution in [3.8, 4) is 11.4 Å². The van der Waals surface area contributed by atoms with Gasteiger partial charge in [-0.1, -0.05) is 0 Å². The van der Waals surface area contributed by atoms with E-state index < -0.39 is 0 Å². The summed E-state index contributed by atoms with van der Waals surface area (Å²) in [6.07, 6.45) is 4.19. The number of aromatic nitrogens is 4. The SMILES string of the molecule is COc1ccc(-n2ncc3c(NCCCN)ncnc32)cc1. The van der Waals surface area contributed by atoms with Crippen molar-refractivity contribution < 1.29 is 4.74 Å². The maximum absolute atomic E-state index is 5.51. The first-order valence-electron chi connectivity index (χ1n) is 7.10. The van der Waals surface area contributed by atoms with E-state index in [1.54, 1.807) is 18.0 Å². The summed E-state index contributed by atoms with van der Waals surface area (Å²) >= 11 is 0. The van der Waals surface area contributed by atoms with E-state index in [4.69, 9.17) is 10.5 Å². The van der Waals surface area contributed by atoms with Crippen LogP contribution in [0.1, 0.15) is 6.42 Å². The molecule has 3 aromatic rings. The lowest BCUT2D eigenvalue weighted by molar-refractivity contribution is 0.414. The number of benzene rings is 1. The standard InChI is InChI=1S/C15H18N6O/c1-22-12-5-3-11(4-6-12)21-15-13(9-20-21)14(18-10-19-15)17-8-2-7-16/h3-6,9-10H,2,7-8,16H2,1H3,(H,17,18,19). The summed E-state index contributed by atoms with van der Waals surface area (Å²) in [6, 6.07) is 7.67. The van der Waals surface area contributed by atoms with Gasteiger partial charge in [0.15, 0.2) is 5.65 Å². The molecule has 0 aliphatic carbocycles. The molecule has 0 unspecified atom stereocenters. The number of rotatable bonds is 6. The normalized spacial score (nSPS) is 10.8. The van der Waals surface area contributed by atoms with Crippen LogP contribution in [-0.2, 0) is 0 Å². The van der Waals surface area contributed by atoms with E-state index in [9.17, 15) is 0 Å². The second kappa shape index (κ2) is 6.40. The van der Waals surface area contributed by atoms with Gasteiger partial charge in [-0.05, 0) is 37.2 Å². The van der Waals surface area contributed by atoms with Crippen molar-refractivity contribution in [3.63, 3.8) is 0 Å². The van der Waals surface area contributed by atoms with Gasteiger partial charge in [-0.2, -0.15) is 5.10 Å². The fraction of sp³-hybridized carbons (Fsp3) is 0.267. The van der Waals surface area contributed by atoms with Crippen LogP contribution in [0.2, 0.25) is 0 Å². The van der Waals surface area contributed by atoms with Gasteiger partial charge in [0.05, 0.1) is 24.4 Å². The molecule has 0 saturated heterocycles. The molecule has 0 atom stereocenters. The number of nitrogens with zero attached hydrogens (tertiary/aromatic N) is 4. The Balaban J connectivity index is 1.95. The average molecular weight is 298 g/mol. The molecular formula is C15H18N6O. The zero-order chi connectivity index (χ0) is 15.4. The zero-order valence-electron chi connectivity index (χ0n) is 12.4. The first kappa shape index (κ1) is 14.3. The van der Waals surface area contributed by atoms with Gasteiger partial charge in [0.25, 0.3) is 0 Å². The molecule has 114 valence electrons. The Bertz CT molecular complexity index is 752. The molecule has 2 aromatic heterocycles. The van der Waals surface area contributed by atoms with E-state index in [2.05, 4.69) is 20.4 Å². The number of anilines is 1. The van der Waals surface area contributed by atoms with Crippen molar-refractivity contribution in [1.82, 2.24) is 19.7 Å². The second-order valence-electron chi connectivity index (χ2n) is 4.78. The molecule has 0 aliphatic rings. The van der Waals surface area contributed by atoms with E-state index >= 15 is 0 Å². The molecule has 2 heterocycles. The maximum Gasteiger partial charge on any atom is 0.168 e. The minimum Gasteiger partial charge on any atom is -0.497 e. The molecule has 0 aliphatic heterocycles. The number of fused-ring (bicyclic) bond motifs is 1. The van der Waals surface area contributed by atoms with Gasteiger partial charge < -0.3 is 15.8 Å². The van der Waals surface area contributed by atoms with E-state index in [0.29, 0.717) is 6.54 Å². The van der Waals surface area contributed by atoms with Crippen LogP contribution >= 0.6 is 0 Å². The molecule has 0 bridgehead atoms. The van der Waals surface area contributed by atoms with Gasteiger partial charge in [0.2, 0.25) is 0 Å². The number of nitrogens with two attached hydrogens (primary N) is 1. The number of nitrogens with one attached hydrogen (secondary N) is 1. The summed E-state index contributed by atoms with van der Waals surface area (Å²) < 4.78 is 6.95. The minimum atomic E-state index is 0.645. The lowest BCUT2D eigenvalue weighted by Crippen LogP contribution is -2.09.